The molecule has 0 saturated heterocycles. The molecule has 0 aliphatic heterocycles. The van der Waals surface area contributed by atoms with Gasteiger partial charge in [0.2, 0.25) is 0 Å². The molecule has 2 aliphatic carbocycles. The second-order valence-electron chi connectivity index (χ2n) is 4.38. The summed E-state index contributed by atoms with van der Waals surface area (Å²) >= 11 is 6.01. The summed E-state index contributed by atoms with van der Waals surface area (Å²) in [6, 6.07) is 0. The highest BCUT2D eigenvalue weighted by Gasteiger charge is 2.56. The van der Waals surface area contributed by atoms with E-state index in [1.165, 1.54) is 0 Å². The van der Waals surface area contributed by atoms with E-state index < -0.39 is 0 Å². The van der Waals surface area contributed by atoms with Crippen LogP contribution in [0.15, 0.2) is 0 Å². The maximum atomic E-state index is 11.6. The largest absolute Gasteiger partial charge is 0.299 e. The molecule has 0 spiro atoms. The number of ketones is 1. The molecule has 2 fully saturated rings. The summed E-state index contributed by atoms with van der Waals surface area (Å²) in [5.41, 5.74) is -0.0734. The quantitative estimate of drug-likeness (QED) is 0.513. The number of hydrogen-bond acceptors (Lipinski definition) is 1. The number of carbonyl (C=O) groups is 1. The minimum Gasteiger partial charge on any atom is -0.299 e. The van der Waals surface area contributed by atoms with Crippen LogP contribution in [0.5, 0.6) is 0 Å². The fourth-order valence-electron chi connectivity index (χ4n) is 2.53. The van der Waals surface area contributed by atoms with Gasteiger partial charge >= 0.3 is 0 Å². The minimum absolute atomic E-state index is 0.0734. The van der Waals surface area contributed by atoms with Crippen molar-refractivity contribution in [2.75, 3.05) is 0 Å². The maximum absolute atomic E-state index is 11.6. The van der Waals surface area contributed by atoms with E-state index in [2.05, 4.69) is 13.8 Å². The van der Waals surface area contributed by atoms with Crippen LogP contribution >= 0.6 is 11.6 Å². The number of rotatable bonds is 0. The first kappa shape index (κ1) is 7.60. The number of alkyl halides is 1. The normalized spacial score (nSPS) is 46.8. The van der Waals surface area contributed by atoms with Crippen molar-refractivity contribution in [1.29, 1.82) is 0 Å². The van der Waals surface area contributed by atoms with Crippen molar-refractivity contribution >= 4 is 17.4 Å². The van der Waals surface area contributed by atoms with Gasteiger partial charge in [-0.3, -0.25) is 4.79 Å². The first-order chi connectivity index (χ1) is 5.03. The van der Waals surface area contributed by atoms with Crippen LogP contribution in [0.25, 0.3) is 0 Å². The number of hydrogen-bond donors (Lipinski definition) is 0. The SMILES string of the molecule is CC1(C)C(=O)C2CC1CC2Cl. The van der Waals surface area contributed by atoms with Crippen LogP contribution in [0, 0.1) is 17.3 Å². The molecule has 0 N–H and O–H groups in total. The Morgan fingerprint density at radius 2 is 2.09 bits per heavy atom. The molecule has 2 aliphatic rings. The third kappa shape index (κ3) is 0.807. The van der Waals surface area contributed by atoms with E-state index in [1.807, 2.05) is 0 Å². The highest BCUT2D eigenvalue weighted by atomic mass is 35.5. The average molecular weight is 173 g/mol. The van der Waals surface area contributed by atoms with Crippen LogP contribution in [0.2, 0.25) is 0 Å². The number of Topliss-reactive ketones (excluding diaryl/α,β-unsaturated/α-hetero) is 1. The average Bonchev–Trinajstić information content (AvgIpc) is 2.36. The summed E-state index contributed by atoms with van der Waals surface area (Å²) < 4.78 is 0. The standard InChI is InChI=1S/C9H13ClO/c1-9(2)5-3-6(8(9)11)7(10)4-5/h5-7H,3-4H2,1-2H3. The van der Waals surface area contributed by atoms with Gasteiger partial charge in [0, 0.05) is 16.7 Å². The molecule has 0 aromatic heterocycles. The van der Waals surface area contributed by atoms with Gasteiger partial charge in [-0.05, 0) is 18.8 Å². The van der Waals surface area contributed by atoms with Gasteiger partial charge in [-0.25, -0.2) is 0 Å². The Balaban J connectivity index is 2.32. The second kappa shape index (κ2) is 2.01. The van der Waals surface area contributed by atoms with E-state index in [1.54, 1.807) is 0 Å². The Morgan fingerprint density at radius 1 is 1.45 bits per heavy atom. The summed E-state index contributed by atoms with van der Waals surface area (Å²) in [5, 5.41) is 0.139. The third-order valence-corrected chi connectivity index (χ3v) is 3.96. The van der Waals surface area contributed by atoms with Crippen molar-refractivity contribution in [3.05, 3.63) is 0 Å². The highest BCUT2D eigenvalue weighted by Crippen LogP contribution is 2.54. The van der Waals surface area contributed by atoms with Crippen LogP contribution in [0.4, 0.5) is 0 Å². The molecular formula is C9H13ClO. The molecule has 0 aromatic rings. The molecule has 2 rings (SSSR count). The van der Waals surface area contributed by atoms with Crippen molar-refractivity contribution < 1.29 is 4.79 Å². The molecule has 3 atom stereocenters. The second-order valence-corrected chi connectivity index (χ2v) is 4.94. The van der Waals surface area contributed by atoms with E-state index in [-0.39, 0.29) is 16.7 Å². The van der Waals surface area contributed by atoms with Gasteiger partial charge in [-0.2, -0.15) is 0 Å². The van der Waals surface area contributed by atoms with Crippen molar-refractivity contribution in [2.45, 2.75) is 32.1 Å². The van der Waals surface area contributed by atoms with Crippen LogP contribution in [-0.4, -0.2) is 11.2 Å². The fourth-order valence-corrected chi connectivity index (χ4v) is 2.96. The lowest BCUT2D eigenvalue weighted by Gasteiger charge is -2.29. The molecule has 2 saturated carbocycles. The van der Waals surface area contributed by atoms with Gasteiger partial charge in [0.1, 0.15) is 5.78 Å². The predicted octanol–water partition coefficient (Wildman–Crippen LogP) is 2.23. The zero-order valence-electron chi connectivity index (χ0n) is 6.93. The number of fused-ring (bicyclic) bond motifs is 2. The zero-order valence-corrected chi connectivity index (χ0v) is 7.69. The smallest absolute Gasteiger partial charge is 0.143 e. The van der Waals surface area contributed by atoms with Crippen LogP contribution in [0.1, 0.15) is 26.7 Å². The lowest BCUT2D eigenvalue weighted by Crippen LogP contribution is -2.35. The molecular weight excluding hydrogens is 160 g/mol. The summed E-state index contributed by atoms with van der Waals surface area (Å²) in [5.74, 6) is 1.13. The van der Waals surface area contributed by atoms with Gasteiger partial charge in [-0.1, -0.05) is 13.8 Å². The Labute approximate surface area is 72.1 Å². The third-order valence-electron chi connectivity index (χ3n) is 3.48. The Bertz CT molecular complexity index is 210. The zero-order chi connectivity index (χ0) is 8.22. The van der Waals surface area contributed by atoms with E-state index in [0.29, 0.717) is 11.7 Å². The fraction of sp³-hybridized carbons (Fsp3) is 0.889. The van der Waals surface area contributed by atoms with E-state index in [0.717, 1.165) is 12.8 Å². The van der Waals surface area contributed by atoms with E-state index >= 15 is 0 Å². The maximum Gasteiger partial charge on any atom is 0.143 e. The predicted molar refractivity (Wildman–Crippen MR) is 44.6 cm³/mol. The van der Waals surface area contributed by atoms with Gasteiger partial charge in [0.15, 0.2) is 0 Å². The molecule has 0 aromatic carbocycles. The summed E-state index contributed by atoms with van der Waals surface area (Å²) in [6.07, 6.45) is 2.09. The van der Waals surface area contributed by atoms with Gasteiger partial charge in [-0.15, -0.1) is 11.6 Å². The van der Waals surface area contributed by atoms with E-state index in [4.69, 9.17) is 11.6 Å². The summed E-state index contributed by atoms with van der Waals surface area (Å²) in [4.78, 5) is 11.6. The van der Waals surface area contributed by atoms with Crippen LogP contribution < -0.4 is 0 Å². The first-order valence-electron chi connectivity index (χ1n) is 4.22. The monoisotopic (exact) mass is 172 g/mol. The van der Waals surface area contributed by atoms with Crippen molar-refractivity contribution in [3.63, 3.8) is 0 Å². The van der Waals surface area contributed by atoms with Gasteiger partial charge < -0.3 is 0 Å². The molecule has 0 amide bonds. The van der Waals surface area contributed by atoms with Crippen molar-refractivity contribution in [1.82, 2.24) is 0 Å². The molecule has 1 nitrogen and oxygen atoms in total. The Hall–Kier alpha value is -0.0400. The van der Waals surface area contributed by atoms with E-state index in [9.17, 15) is 4.79 Å². The molecule has 0 radical (unpaired) electrons. The molecule has 2 heteroatoms. The summed E-state index contributed by atoms with van der Waals surface area (Å²) in [7, 11) is 0. The molecule has 2 bridgehead atoms. The van der Waals surface area contributed by atoms with Crippen molar-refractivity contribution in [3.8, 4) is 0 Å². The molecule has 0 heterocycles. The van der Waals surface area contributed by atoms with Gasteiger partial charge in [0.05, 0.1) is 0 Å². The van der Waals surface area contributed by atoms with Crippen LogP contribution in [-0.2, 0) is 4.79 Å². The Kier molecular flexibility index (Phi) is 1.39. The first-order valence-corrected chi connectivity index (χ1v) is 4.65. The highest BCUT2D eigenvalue weighted by molar-refractivity contribution is 6.23. The van der Waals surface area contributed by atoms with Crippen molar-refractivity contribution in [2.24, 2.45) is 17.3 Å². The number of halogens is 1. The Morgan fingerprint density at radius 3 is 2.45 bits per heavy atom. The van der Waals surface area contributed by atoms with Gasteiger partial charge in [0.25, 0.3) is 0 Å². The number of carbonyl (C=O) groups excluding carboxylic acids is 1. The lowest BCUT2D eigenvalue weighted by atomic mass is 9.75. The minimum atomic E-state index is -0.0734. The molecule has 62 valence electrons. The molecule has 11 heavy (non-hydrogen) atoms. The topological polar surface area (TPSA) is 17.1 Å². The lowest BCUT2D eigenvalue weighted by molar-refractivity contribution is -0.130. The summed E-state index contributed by atoms with van der Waals surface area (Å²) in [6.45, 7) is 4.12. The molecule has 3 unspecified atom stereocenters. The van der Waals surface area contributed by atoms with Crippen LogP contribution in [0.3, 0.4) is 0 Å².